The Bertz CT molecular complexity index is 1000. The number of thioether (sulfide) groups is 1. The highest BCUT2D eigenvalue weighted by molar-refractivity contribution is 8.26. The van der Waals surface area contributed by atoms with Gasteiger partial charge in [0.1, 0.15) is 22.7 Å². The molecule has 1 amide bonds. The van der Waals surface area contributed by atoms with Gasteiger partial charge in [-0.3, -0.25) is 9.69 Å². The summed E-state index contributed by atoms with van der Waals surface area (Å²) in [5.41, 5.74) is 2.98. The van der Waals surface area contributed by atoms with Crippen LogP contribution in [0.25, 0.3) is 6.08 Å². The van der Waals surface area contributed by atoms with Gasteiger partial charge in [-0.15, -0.1) is 0 Å². The molecule has 0 bridgehead atoms. The molecule has 7 heteroatoms. The summed E-state index contributed by atoms with van der Waals surface area (Å²) in [7, 11) is 0. The number of thiocarbonyl (C=S) groups is 1. The second kappa shape index (κ2) is 10.6. The molecule has 1 fully saturated rings. The number of rotatable bonds is 9. The fourth-order valence-corrected chi connectivity index (χ4v) is 4.57. The number of aliphatic carboxylic acids is 1. The number of hydrogen-bond acceptors (Lipinski definition) is 5. The smallest absolute Gasteiger partial charge is 0.326 e. The van der Waals surface area contributed by atoms with Gasteiger partial charge in [0, 0.05) is 5.56 Å². The Labute approximate surface area is 192 Å². The van der Waals surface area contributed by atoms with Crippen LogP contribution in [0.1, 0.15) is 42.9 Å². The van der Waals surface area contributed by atoms with Gasteiger partial charge in [0.25, 0.3) is 5.91 Å². The molecule has 0 spiro atoms. The minimum absolute atomic E-state index is 0.276. The average molecular weight is 456 g/mol. The quantitative estimate of drug-likeness (QED) is 0.402. The summed E-state index contributed by atoms with van der Waals surface area (Å²) in [6, 6.07) is 14.6. The van der Waals surface area contributed by atoms with E-state index < -0.39 is 12.0 Å². The number of para-hydroxylation sites is 1. The fourth-order valence-electron chi connectivity index (χ4n) is 3.23. The van der Waals surface area contributed by atoms with Crippen LogP contribution in [0.4, 0.5) is 0 Å². The minimum Gasteiger partial charge on any atom is -0.488 e. The Morgan fingerprint density at radius 3 is 2.61 bits per heavy atom. The first-order valence-electron chi connectivity index (χ1n) is 10.2. The highest BCUT2D eigenvalue weighted by atomic mass is 32.2. The Hall–Kier alpha value is -2.64. The molecule has 162 valence electrons. The highest BCUT2D eigenvalue weighted by Gasteiger charge is 2.40. The van der Waals surface area contributed by atoms with Crippen molar-refractivity contribution >= 4 is 46.3 Å². The maximum atomic E-state index is 13.0. The van der Waals surface area contributed by atoms with Crippen molar-refractivity contribution in [3.8, 4) is 5.75 Å². The zero-order valence-corrected chi connectivity index (χ0v) is 19.2. The number of nitrogens with zero attached hydrogens (tertiary/aromatic N) is 1. The van der Waals surface area contributed by atoms with E-state index in [1.54, 1.807) is 6.08 Å². The minimum atomic E-state index is -1.03. The van der Waals surface area contributed by atoms with Crippen molar-refractivity contribution in [2.45, 2.75) is 45.8 Å². The monoisotopic (exact) mass is 455 g/mol. The second-order valence-corrected chi connectivity index (χ2v) is 9.04. The lowest BCUT2D eigenvalue weighted by atomic mass is 10.1. The van der Waals surface area contributed by atoms with Gasteiger partial charge in [-0.2, -0.15) is 0 Å². The lowest BCUT2D eigenvalue weighted by Crippen LogP contribution is -2.43. The predicted octanol–water partition coefficient (Wildman–Crippen LogP) is 5.42. The van der Waals surface area contributed by atoms with E-state index in [1.807, 2.05) is 62.4 Å². The number of benzene rings is 2. The average Bonchev–Trinajstić information content (AvgIpc) is 3.02. The van der Waals surface area contributed by atoms with Gasteiger partial charge in [0.05, 0.1) is 4.91 Å². The Morgan fingerprint density at radius 1 is 1.23 bits per heavy atom. The van der Waals surface area contributed by atoms with Gasteiger partial charge in [-0.25, -0.2) is 4.79 Å². The summed E-state index contributed by atoms with van der Waals surface area (Å²) >= 11 is 6.48. The third-order valence-corrected chi connectivity index (χ3v) is 6.30. The molecular formula is C24H25NO4S2. The van der Waals surface area contributed by atoms with Crippen LogP contribution < -0.4 is 4.74 Å². The lowest BCUT2D eigenvalue weighted by Gasteiger charge is -2.22. The number of hydrogen-bond donors (Lipinski definition) is 1. The normalized spacial score (nSPS) is 16.1. The molecule has 0 aromatic heterocycles. The molecule has 0 aliphatic carbocycles. The zero-order valence-electron chi connectivity index (χ0n) is 17.5. The molecule has 31 heavy (non-hydrogen) atoms. The molecule has 1 atom stereocenters. The third-order valence-electron chi connectivity index (χ3n) is 4.97. The van der Waals surface area contributed by atoms with Crippen molar-refractivity contribution in [3.05, 3.63) is 70.1 Å². The van der Waals surface area contributed by atoms with Crippen LogP contribution in [-0.2, 0) is 16.2 Å². The van der Waals surface area contributed by atoms with E-state index in [1.165, 1.54) is 10.5 Å². The van der Waals surface area contributed by atoms with Crippen LogP contribution in [-0.4, -0.2) is 32.2 Å². The largest absolute Gasteiger partial charge is 0.488 e. The van der Waals surface area contributed by atoms with Gasteiger partial charge in [-0.1, -0.05) is 91.8 Å². The number of unbranched alkanes of at least 4 members (excludes halogenated alkanes) is 1. The molecule has 1 saturated heterocycles. The molecule has 1 aliphatic heterocycles. The van der Waals surface area contributed by atoms with Gasteiger partial charge in [0.2, 0.25) is 0 Å². The van der Waals surface area contributed by atoms with E-state index in [-0.39, 0.29) is 10.2 Å². The standard InChI is InChI=1S/C24H25NO4S2/c1-3-4-8-19(23(27)28)25-22(26)21(31-24(25)30)14-18-7-5-6-9-20(18)29-15-17-12-10-16(2)11-13-17/h5-7,9-14,19H,3-4,8,15H2,1-2H3,(H,27,28)/b21-14-/t19-/m0/s1. The molecule has 0 saturated carbocycles. The Morgan fingerprint density at radius 2 is 1.94 bits per heavy atom. The maximum Gasteiger partial charge on any atom is 0.326 e. The summed E-state index contributed by atoms with van der Waals surface area (Å²) < 4.78 is 6.27. The highest BCUT2D eigenvalue weighted by Crippen LogP contribution is 2.36. The Balaban J connectivity index is 1.80. The van der Waals surface area contributed by atoms with E-state index in [0.29, 0.717) is 30.1 Å². The first-order chi connectivity index (χ1) is 14.9. The van der Waals surface area contributed by atoms with Crippen LogP contribution in [0.2, 0.25) is 0 Å². The molecule has 2 aromatic rings. The van der Waals surface area contributed by atoms with Crippen LogP contribution in [0.15, 0.2) is 53.4 Å². The maximum absolute atomic E-state index is 13.0. The summed E-state index contributed by atoms with van der Waals surface area (Å²) in [6.45, 7) is 4.42. The number of carbonyl (C=O) groups excluding carboxylic acids is 1. The molecule has 3 rings (SSSR count). The summed E-state index contributed by atoms with van der Waals surface area (Å²) in [4.78, 5) is 26.4. The van der Waals surface area contributed by atoms with E-state index in [9.17, 15) is 14.7 Å². The number of carboxylic acids is 1. The molecule has 0 unspecified atom stereocenters. The number of amides is 1. The van der Waals surface area contributed by atoms with E-state index in [0.717, 1.165) is 29.3 Å². The molecule has 1 N–H and O–H groups in total. The number of aryl methyl sites for hydroxylation is 1. The van der Waals surface area contributed by atoms with Crippen molar-refractivity contribution in [3.63, 3.8) is 0 Å². The zero-order chi connectivity index (χ0) is 22.4. The van der Waals surface area contributed by atoms with Gasteiger partial charge in [-0.05, 0) is 31.1 Å². The molecular weight excluding hydrogens is 430 g/mol. The van der Waals surface area contributed by atoms with Crippen LogP contribution in [0.5, 0.6) is 5.75 Å². The number of carboxylic acid groups (broad SMARTS) is 1. The van der Waals surface area contributed by atoms with E-state index >= 15 is 0 Å². The van der Waals surface area contributed by atoms with Crippen molar-refractivity contribution in [2.75, 3.05) is 0 Å². The molecule has 0 radical (unpaired) electrons. The van der Waals surface area contributed by atoms with Crippen molar-refractivity contribution < 1.29 is 19.4 Å². The predicted molar refractivity (Wildman–Crippen MR) is 128 cm³/mol. The second-order valence-electron chi connectivity index (χ2n) is 7.36. The van der Waals surface area contributed by atoms with Gasteiger partial charge >= 0.3 is 5.97 Å². The molecule has 1 heterocycles. The molecule has 2 aromatic carbocycles. The summed E-state index contributed by atoms with van der Waals surface area (Å²) in [5, 5.41) is 9.61. The fraction of sp³-hybridized carbons (Fsp3) is 0.292. The van der Waals surface area contributed by atoms with Gasteiger partial charge in [0.15, 0.2) is 0 Å². The van der Waals surface area contributed by atoms with Gasteiger partial charge < -0.3 is 9.84 Å². The lowest BCUT2D eigenvalue weighted by molar-refractivity contribution is -0.145. The van der Waals surface area contributed by atoms with Crippen LogP contribution in [0, 0.1) is 6.92 Å². The topological polar surface area (TPSA) is 66.8 Å². The summed E-state index contributed by atoms with van der Waals surface area (Å²) in [5.74, 6) is -0.756. The van der Waals surface area contributed by atoms with Crippen LogP contribution in [0.3, 0.4) is 0 Å². The van der Waals surface area contributed by atoms with Crippen molar-refractivity contribution in [2.24, 2.45) is 0 Å². The first kappa shape index (κ1) is 23.0. The number of ether oxygens (including phenoxy) is 1. The van der Waals surface area contributed by atoms with Crippen molar-refractivity contribution in [1.82, 2.24) is 4.90 Å². The molecule has 1 aliphatic rings. The third kappa shape index (κ3) is 5.74. The number of carbonyl (C=O) groups is 2. The van der Waals surface area contributed by atoms with E-state index in [2.05, 4.69) is 0 Å². The first-order valence-corrected chi connectivity index (χ1v) is 11.4. The van der Waals surface area contributed by atoms with E-state index in [4.69, 9.17) is 17.0 Å². The SMILES string of the molecule is CCCC[C@@H](C(=O)O)N1C(=O)/C(=C/c2ccccc2OCc2ccc(C)cc2)SC1=S. The Kier molecular flexibility index (Phi) is 7.87. The molecule has 5 nitrogen and oxygen atoms in total. The van der Waals surface area contributed by atoms with Crippen LogP contribution >= 0.6 is 24.0 Å². The summed E-state index contributed by atoms with van der Waals surface area (Å²) in [6.07, 6.45) is 3.66. The van der Waals surface area contributed by atoms with Crippen molar-refractivity contribution in [1.29, 1.82) is 0 Å².